The van der Waals surface area contributed by atoms with Crippen LogP contribution >= 0.6 is 0 Å². The Morgan fingerprint density at radius 3 is 1.97 bits per heavy atom. The summed E-state index contributed by atoms with van der Waals surface area (Å²) in [5.74, 6) is -0.416. The van der Waals surface area contributed by atoms with Crippen molar-refractivity contribution in [1.82, 2.24) is 10.3 Å². The molecule has 1 aliphatic carbocycles. The molecule has 11 heteroatoms. The number of phenols is 1. The van der Waals surface area contributed by atoms with Crippen molar-refractivity contribution >= 4 is 11.6 Å². The SMILES string of the molecule is O=C(N[C@H]1CC[C@@H](Nc2cc(C(F)(F)F)nc(C(F)(F)F)c2)CC1)c1cccc(O)c1. The van der Waals surface area contributed by atoms with Gasteiger partial charge in [0.05, 0.1) is 0 Å². The predicted octanol–water partition coefficient (Wildman–Crippen LogP) is 4.98. The highest BCUT2D eigenvalue weighted by Gasteiger charge is 2.39. The van der Waals surface area contributed by atoms with Gasteiger partial charge < -0.3 is 15.7 Å². The van der Waals surface area contributed by atoms with Crippen LogP contribution in [0.1, 0.15) is 47.4 Å². The molecular formula is C20H19F6N3O2. The first kappa shape index (κ1) is 22.7. The maximum absolute atomic E-state index is 12.9. The van der Waals surface area contributed by atoms with Gasteiger partial charge in [-0.2, -0.15) is 26.3 Å². The third-order valence-electron chi connectivity index (χ3n) is 4.95. The highest BCUT2D eigenvalue weighted by atomic mass is 19.4. The van der Waals surface area contributed by atoms with E-state index < -0.39 is 23.7 Å². The van der Waals surface area contributed by atoms with Crippen LogP contribution < -0.4 is 10.6 Å². The molecule has 0 spiro atoms. The third-order valence-corrected chi connectivity index (χ3v) is 4.95. The van der Waals surface area contributed by atoms with Crippen molar-refractivity contribution in [3.63, 3.8) is 0 Å². The number of alkyl halides is 6. The van der Waals surface area contributed by atoms with Crippen molar-refractivity contribution < 1.29 is 36.2 Å². The number of nitrogens with zero attached hydrogens (tertiary/aromatic N) is 1. The van der Waals surface area contributed by atoms with Crippen molar-refractivity contribution in [2.24, 2.45) is 0 Å². The van der Waals surface area contributed by atoms with Crippen LogP contribution in [0, 0.1) is 0 Å². The summed E-state index contributed by atoms with van der Waals surface area (Å²) in [6.07, 6.45) is -8.15. The van der Waals surface area contributed by atoms with Crippen LogP contribution in [-0.2, 0) is 12.4 Å². The van der Waals surface area contributed by atoms with Gasteiger partial charge in [0.15, 0.2) is 0 Å². The number of amides is 1. The summed E-state index contributed by atoms with van der Waals surface area (Å²) < 4.78 is 77.6. The molecule has 5 nitrogen and oxygen atoms in total. The fourth-order valence-electron chi connectivity index (χ4n) is 3.44. The quantitative estimate of drug-likeness (QED) is 0.578. The number of carbonyl (C=O) groups excluding carboxylic acids is 1. The van der Waals surface area contributed by atoms with Gasteiger partial charge >= 0.3 is 12.4 Å². The first-order chi connectivity index (χ1) is 14.4. The van der Waals surface area contributed by atoms with Crippen molar-refractivity contribution in [2.45, 2.75) is 50.1 Å². The van der Waals surface area contributed by atoms with Crippen LogP contribution in [0.5, 0.6) is 5.75 Å². The molecule has 31 heavy (non-hydrogen) atoms. The molecule has 0 bridgehead atoms. The highest BCUT2D eigenvalue weighted by Crippen LogP contribution is 2.35. The Morgan fingerprint density at radius 1 is 0.903 bits per heavy atom. The van der Waals surface area contributed by atoms with Gasteiger partial charge in [0, 0.05) is 23.3 Å². The molecule has 2 aromatic rings. The maximum atomic E-state index is 12.9. The van der Waals surface area contributed by atoms with Gasteiger partial charge in [-0.15, -0.1) is 0 Å². The van der Waals surface area contributed by atoms with E-state index in [9.17, 15) is 36.2 Å². The van der Waals surface area contributed by atoms with E-state index in [-0.39, 0.29) is 35.0 Å². The molecule has 1 amide bonds. The van der Waals surface area contributed by atoms with Crippen molar-refractivity contribution in [3.05, 3.63) is 53.3 Å². The second kappa shape index (κ2) is 8.64. The Hall–Kier alpha value is -2.98. The number of halogens is 6. The Morgan fingerprint density at radius 2 is 1.45 bits per heavy atom. The molecule has 1 saturated carbocycles. The van der Waals surface area contributed by atoms with E-state index in [0.29, 0.717) is 37.8 Å². The molecule has 1 aromatic carbocycles. The predicted molar refractivity (Wildman–Crippen MR) is 99.5 cm³/mol. The molecule has 3 N–H and O–H groups in total. The van der Waals surface area contributed by atoms with Crippen LogP contribution in [0.4, 0.5) is 32.0 Å². The summed E-state index contributed by atoms with van der Waals surface area (Å²) in [6.45, 7) is 0. The molecule has 0 aliphatic heterocycles. The molecular weight excluding hydrogens is 428 g/mol. The standard InChI is InChI=1S/C20H19F6N3O2/c21-19(22,23)16-9-14(10-17(29-16)20(24,25)26)27-12-4-6-13(7-5-12)28-18(31)11-2-1-3-15(30)8-11/h1-3,8-10,12-13,30H,4-7H2,(H,27,29)(H,28,31)/t12-,13+. The summed E-state index contributed by atoms with van der Waals surface area (Å²) >= 11 is 0. The van der Waals surface area contributed by atoms with Gasteiger partial charge in [-0.25, -0.2) is 4.98 Å². The van der Waals surface area contributed by atoms with Crippen molar-refractivity contribution in [1.29, 1.82) is 0 Å². The normalized spacial score (nSPS) is 19.7. The van der Waals surface area contributed by atoms with Gasteiger partial charge in [-0.3, -0.25) is 4.79 Å². The third kappa shape index (κ3) is 6.02. The van der Waals surface area contributed by atoms with Crippen LogP contribution in [-0.4, -0.2) is 28.1 Å². The van der Waals surface area contributed by atoms with Crippen LogP contribution in [0.25, 0.3) is 0 Å². The zero-order valence-electron chi connectivity index (χ0n) is 16.0. The lowest BCUT2D eigenvalue weighted by Gasteiger charge is -2.30. The average molecular weight is 447 g/mol. The first-order valence-corrected chi connectivity index (χ1v) is 9.45. The molecule has 0 saturated heterocycles. The molecule has 0 radical (unpaired) electrons. The zero-order valence-corrected chi connectivity index (χ0v) is 16.0. The van der Waals surface area contributed by atoms with Gasteiger partial charge in [0.1, 0.15) is 17.1 Å². The van der Waals surface area contributed by atoms with Gasteiger partial charge in [-0.05, 0) is 56.0 Å². The summed E-state index contributed by atoms with van der Waals surface area (Å²) in [6, 6.07) is 6.41. The van der Waals surface area contributed by atoms with E-state index in [1.54, 1.807) is 6.07 Å². The summed E-state index contributed by atoms with van der Waals surface area (Å²) in [5, 5.41) is 15.0. The molecule has 168 valence electrons. The zero-order chi connectivity index (χ0) is 22.8. The minimum absolute atomic E-state index is 0.0469. The number of rotatable bonds is 4. The van der Waals surface area contributed by atoms with Crippen molar-refractivity contribution in [2.75, 3.05) is 5.32 Å². The largest absolute Gasteiger partial charge is 0.508 e. The molecule has 1 aliphatic rings. The van der Waals surface area contributed by atoms with E-state index in [1.807, 2.05) is 0 Å². The summed E-state index contributed by atoms with van der Waals surface area (Å²) in [4.78, 5) is 14.9. The monoisotopic (exact) mass is 447 g/mol. The number of aromatic hydroxyl groups is 1. The van der Waals surface area contributed by atoms with Gasteiger partial charge in [0.25, 0.3) is 5.91 Å². The Bertz CT molecular complexity index is 905. The number of nitrogens with one attached hydrogen (secondary N) is 2. The molecule has 1 heterocycles. The number of aromatic nitrogens is 1. The number of pyridine rings is 1. The molecule has 0 atom stereocenters. The fourth-order valence-corrected chi connectivity index (χ4v) is 3.44. The second-order valence-corrected chi connectivity index (χ2v) is 7.34. The number of hydrogen-bond acceptors (Lipinski definition) is 4. The van der Waals surface area contributed by atoms with Crippen molar-refractivity contribution in [3.8, 4) is 5.75 Å². The summed E-state index contributed by atoms with van der Waals surface area (Å²) in [7, 11) is 0. The van der Waals surface area contributed by atoms with Crippen LogP contribution in [0.3, 0.4) is 0 Å². The second-order valence-electron chi connectivity index (χ2n) is 7.34. The number of benzene rings is 1. The summed E-state index contributed by atoms with van der Waals surface area (Å²) in [5.41, 5.74) is -3.24. The highest BCUT2D eigenvalue weighted by molar-refractivity contribution is 5.94. The number of hydrogen-bond donors (Lipinski definition) is 3. The minimum atomic E-state index is -5.01. The molecule has 3 rings (SSSR count). The Labute approximate surface area is 173 Å². The minimum Gasteiger partial charge on any atom is -0.508 e. The Kier molecular flexibility index (Phi) is 6.33. The number of anilines is 1. The maximum Gasteiger partial charge on any atom is 0.433 e. The van der Waals surface area contributed by atoms with Crippen LogP contribution in [0.2, 0.25) is 0 Å². The van der Waals surface area contributed by atoms with Gasteiger partial charge in [0.2, 0.25) is 0 Å². The van der Waals surface area contributed by atoms with E-state index in [1.165, 1.54) is 18.2 Å². The van der Waals surface area contributed by atoms with E-state index in [2.05, 4.69) is 15.6 Å². The number of phenolic OH excluding ortho intramolecular Hbond substituents is 1. The molecule has 0 unspecified atom stereocenters. The van der Waals surface area contributed by atoms with E-state index in [0.717, 1.165) is 0 Å². The van der Waals surface area contributed by atoms with Crippen LogP contribution in [0.15, 0.2) is 36.4 Å². The first-order valence-electron chi connectivity index (χ1n) is 9.45. The molecule has 1 aromatic heterocycles. The lowest BCUT2D eigenvalue weighted by molar-refractivity contribution is -0.150. The lowest BCUT2D eigenvalue weighted by atomic mass is 9.90. The number of carbonyl (C=O) groups is 1. The Balaban J connectivity index is 1.62. The fraction of sp³-hybridized carbons (Fsp3) is 0.400. The van der Waals surface area contributed by atoms with E-state index in [4.69, 9.17) is 0 Å². The topological polar surface area (TPSA) is 74.2 Å². The molecule has 1 fully saturated rings. The smallest absolute Gasteiger partial charge is 0.433 e. The average Bonchev–Trinajstić information content (AvgIpc) is 2.68. The van der Waals surface area contributed by atoms with Gasteiger partial charge in [-0.1, -0.05) is 6.07 Å². The lowest BCUT2D eigenvalue weighted by Crippen LogP contribution is -2.40. The van der Waals surface area contributed by atoms with E-state index >= 15 is 0 Å².